The molecule has 104 valence electrons. The average Bonchev–Trinajstić information content (AvgIpc) is 2.81. The van der Waals surface area contributed by atoms with E-state index in [2.05, 4.69) is 10.0 Å². The van der Waals surface area contributed by atoms with Crippen LogP contribution in [0.4, 0.5) is 0 Å². The smallest absolute Gasteiger partial charge is 0.263 e. The molecule has 19 heavy (non-hydrogen) atoms. The molecule has 0 spiro atoms. The molecule has 7 heteroatoms. The molecule has 1 aliphatic carbocycles. The molecule has 1 aromatic carbocycles. The molecule has 0 aromatic heterocycles. The molecule has 1 saturated carbocycles. The minimum Gasteiger partial charge on any atom is -0.359 e. The number of benzene rings is 1. The van der Waals surface area contributed by atoms with Crippen LogP contribution in [-0.4, -0.2) is 19.6 Å². The zero-order chi connectivity index (χ0) is 13.9. The van der Waals surface area contributed by atoms with E-state index < -0.39 is 10.0 Å². The summed E-state index contributed by atoms with van der Waals surface area (Å²) in [4.78, 5) is 0.146. The second-order valence-corrected chi connectivity index (χ2v) is 7.04. The predicted octanol–water partition coefficient (Wildman–Crippen LogP) is 2.44. The van der Waals surface area contributed by atoms with Crippen molar-refractivity contribution >= 4 is 39.0 Å². The van der Waals surface area contributed by atoms with Crippen molar-refractivity contribution in [3.8, 4) is 0 Å². The maximum absolute atomic E-state index is 12.0. The molecule has 0 aliphatic heterocycles. The van der Waals surface area contributed by atoms with Gasteiger partial charge in [0, 0.05) is 11.1 Å². The molecule has 1 fully saturated rings. The van der Waals surface area contributed by atoms with Gasteiger partial charge in [-0.15, -0.1) is 0 Å². The Morgan fingerprint density at radius 2 is 1.79 bits per heavy atom. The van der Waals surface area contributed by atoms with E-state index in [9.17, 15) is 8.42 Å². The molecule has 0 unspecified atom stereocenters. The quantitative estimate of drug-likeness (QED) is 0.840. The highest BCUT2D eigenvalue weighted by Crippen LogP contribution is 2.18. The minimum absolute atomic E-state index is 0.146. The molecular weight excluding hydrogens is 304 g/mol. The summed E-state index contributed by atoms with van der Waals surface area (Å²) in [6.07, 6.45) is 4.38. The van der Waals surface area contributed by atoms with Gasteiger partial charge in [-0.05, 0) is 49.3 Å². The molecule has 0 bridgehead atoms. The highest BCUT2D eigenvalue weighted by molar-refractivity contribution is 7.91. The molecule has 2 N–H and O–H groups in total. The van der Waals surface area contributed by atoms with Gasteiger partial charge in [-0.1, -0.05) is 24.4 Å². The Kier molecular flexibility index (Phi) is 4.65. The molecule has 0 amide bonds. The molecule has 0 heterocycles. The van der Waals surface area contributed by atoms with Gasteiger partial charge >= 0.3 is 0 Å². The van der Waals surface area contributed by atoms with Crippen molar-refractivity contribution in [1.82, 2.24) is 10.0 Å². The number of nitrogens with one attached hydrogen (secondary N) is 2. The summed E-state index contributed by atoms with van der Waals surface area (Å²) >= 11 is 10.8. The normalized spacial score (nSPS) is 16.3. The monoisotopic (exact) mass is 318 g/mol. The van der Waals surface area contributed by atoms with Crippen molar-refractivity contribution in [3.05, 3.63) is 29.3 Å². The Morgan fingerprint density at radius 1 is 1.21 bits per heavy atom. The van der Waals surface area contributed by atoms with E-state index in [1.165, 1.54) is 24.3 Å². The van der Waals surface area contributed by atoms with Crippen LogP contribution in [0.1, 0.15) is 25.7 Å². The van der Waals surface area contributed by atoms with E-state index in [0.29, 0.717) is 5.02 Å². The predicted molar refractivity (Wildman–Crippen MR) is 79.8 cm³/mol. The lowest BCUT2D eigenvalue weighted by atomic mass is 10.3. The van der Waals surface area contributed by atoms with Crippen molar-refractivity contribution in [1.29, 1.82) is 0 Å². The van der Waals surface area contributed by atoms with Crippen LogP contribution in [0.5, 0.6) is 0 Å². The maximum atomic E-state index is 12.0. The van der Waals surface area contributed by atoms with Crippen LogP contribution in [0.3, 0.4) is 0 Å². The summed E-state index contributed by atoms with van der Waals surface area (Å²) in [6, 6.07) is 6.24. The number of rotatable bonds is 3. The highest BCUT2D eigenvalue weighted by atomic mass is 35.5. The summed E-state index contributed by atoms with van der Waals surface area (Å²) in [5.41, 5.74) is 0. The first-order valence-corrected chi connectivity index (χ1v) is 8.33. The van der Waals surface area contributed by atoms with Gasteiger partial charge < -0.3 is 5.32 Å². The topological polar surface area (TPSA) is 58.2 Å². The summed E-state index contributed by atoms with van der Waals surface area (Å²) in [5.74, 6) is 0. The Balaban J connectivity index is 2.00. The molecule has 1 aliphatic rings. The third-order valence-electron chi connectivity index (χ3n) is 3.04. The Hall–Kier alpha value is -0.850. The van der Waals surface area contributed by atoms with Crippen LogP contribution in [-0.2, 0) is 10.0 Å². The summed E-state index contributed by atoms with van der Waals surface area (Å²) in [7, 11) is -3.63. The Morgan fingerprint density at radius 3 is 2.37 bits per heavy atom. The lowest BCUT2D eigenvalue weighted by Gasteiger charge is -2.15. The average molecular weight is 319 g/mol. The third-order valence-corrected chi connectivity index (χ3v) is 5.01. The fraction of sp³-hybridized carbons (Fsp3) is 0.417. The van der Waals surface area contributed by atoms with Gasteiger partial charge in [0.25, 0.3) is 10.0 Å². The van der Waals surface area contributed by atoms with Gasteiger partial charge in [0.05, 0.1) is 4.90 Å². The fourth-order valence-electron chi connectivity index (χ4n) is 2.08. The number of sulfonamides is 1. The molecule has 0 saturated heterocycles. The lowest BCUT2D eigenvalue weighted by molar-refractivity contribution is 0.588. The van der Waals surface area contributed by atoms with Crippen LogP contribution in [0.15, 0.2) is 29.2 Å². The first-order valence-electron chi connectivity index (χ1n) is 6.06. The highest BCUT2D eigenvalue weighted by Gasteiger charge is 2.19. The van der Waals surface area contributed by atoms with Crippen molar-refractivity contribution in [2.24, 2.45) is 0 Å². The van der Waals surface area contributed by atoms with E-state index in [4.69, 9.17) is 23.8 Å². The van der Waals surface area contributed by atoms with E-state index in [-0.39, 0.29) is 16.0 Å². The van der Waals surface area contributed by atoms with Crippen LogP contribution in [0.2, 0.25) is 5.02 Å². The zero-order valence-corrected chi connectivity index (χ0v) is 12.6. The summed E-state index contributed by atoms with van der Waals surface area (Å²) < 4.78 is 26.5. The van der Waals surface area contributed by atoms with Crippen molar-refractivity contribution in [3.63, 3.8) is 0 Å². The van der Waals surface area contributed by atoms with Gasteiger partial charge in [-0.3, -0.25) is 4.72 Å². The third kappa shape index (κ3) is 4.06. The second-order valence-electron chi connectivity index (χ2n) is 4.51. The van der Waals surface area contributed by atoms with Crippen LogP contribution in [0.25, 0.3) is 0 Å². The lowest BCUT2D eigenvalue weighted by Crippen LogP contribution is -2.43. The van der Waals surface area contributed by atoms with Crippen LogP contribution >= 0.6 is 23.8 Å². The fourth-order valence-corrected chi connectivity index (χ4v) is 3.62. The van der Waals surface area contributed by atoms with Crippen LogP contribution < -0.4 is 10.0 Å². The molecular formula is C12H15ClN2O2S2. The molecule has 0 radical (unpaired) electrons. The maximum Gasteiger partial charge on any atom is 0.263 e. The largest absolute Gasteiger partial charge is 0.359 e. The number of hydrogen-bond donors (Lipinski definition) is 2. The van der Waals surface area contributed by atoms with E-state index in [1.807, 2.05) is 0 Å². The van der Waals surface area contributed by atoms with Gasteiger partial charge in [-0.2, -0.15) is 0 Å². The van der Waals surface area contributed by atoms with Gasteiger partial charge in [0.15, 0.2) is 5.11 Å². The van der Waals surface area contributed by atoms with E-state index in [0.717, 1.165) is 25.7 Å². The minimum atomic E-state index is -3.63. The Labute approximate surface area is 123 Å². The SMILES string of the molecule is O=S(=O)(NC(=S)NC1CCCC1)c1ccc(Cl)cc1. The first-order chi connectivity index (χ1) is 8.97. The van der Waals surface area contributed by atoms with Gasteiger partial charge in [-0.25, -0.2) is 8.42 Å². The first kappa shape index (κ1) is 14.6. The van der Waals surface area contributed by atoms with Gasteiger partial charge in [0.1, 0.15) is 0 Å². The zero-order valence-electron chi connectivity index (χ0n) is 10.2. The summed E-state index contributed by atoms with van der Waals surface area (Å²) in [5, 5.41) is 3.68. The van der Waals surface area contributed by atoms with Crippen LogP contribution in [0, 0.1) is 0 Å². The van der Waals surface area contributed by atoms with Crippen molar-refractivity contribution in [2.75, 3.05) is 0 Å². The molecule has 2 rings (SSSR count). The van der Waals surface area contributed by atoms with Gasteiger partial charge in [0.2, 0.25) is 0 Å². The second kappa shape index (κ2) is 6.07. The molecule has 4 nitrogen and oxygen atoms in total. The summed E-state index contributed by atoms with van der Waals surface area (Å²) in [6.45, 7) is 0. The number of halogens is 1. The number of thiocarbonyl (C=S) groups is 1. The number of hydrogen-bond acceptors (Lipinski definition) is 3. The standard InChI is InChI=1S/C12H15ClN2O2S2/c13-9-5-7-11(8-6-9)19(16,17)15-12(18)14-10-3-1-2-4-10/h5-8,10H,1-4H2,(H2,14,15,18). The van der Waals surface area contributed by atoms with Crippen molar-refractivity contribution in [2.45, 2.75) is 36.6 Å². The van der Waals surface area contributed by atoms with E-state index >= 15 is 0 Å². The Bertz CT molecular complexity index is 552. The van der Waals surface area contributed by atoms with E-state index in [1.54, 1.807) is 0 Å². The molecule has 1 aromatic rings. The van der Waals surface area contributed by atoms with Crippen molar-refractivity contribution < 1.29 is 8.42 Å². The molecule has 0 atom stereocenters.